The third kappa shape index (κ3) is 4.41. The SMILES string of the molecule is O=C(O)C(=O)[C@H]1Cc2ccccc2CN1S(=O)(=O)c1ccc(Sc2ccccc2)cc1. The molecule has 158 valence electrons. The van der Waals surface area contributed by atoms with E-state index in [9.17, 15) is 23.1 Å². The summed E-state index contributed by atoms with van der Waals surface area (Å²) < 4.78 is 27.8. The zero-order valence-corrected chi connectivity index (χ0v) is 18.0. The predicted octanol–water partition coefficient (Wildman–Crippen LogP) is 3.61. The van der Waals surface area contributed by atoms with Crippen LogP contribution in [0.1, 0.15) is 11.1 Å². The van der Waals surface area contributed by atoms with Crippen LogP contribution in [-0.2, 0) is 32.6 Å². The summed E-state index contributed by atoms with van der Waals surface area (Å²) >= 11 is 1.50. The van der Waals surface area contributed by atoms with E-state index in [-0.39, 0.29) is 17.9 Å². The molecule has 0 spiro atoms. The number of aliphatic carboxylic acids is 1. The topological polar surface area (TPSA) is 91.8 Å². The molecule has 0 saturated heterocycles. The standard InChI is InChI=1S/C23H19NO5S2/c25-22(23(26)27)21-14-16-6-4-5-7-17(16)15-24(21)31(28,29)20-12-10-19(11-13-20)30-18-8-2-1-3-9-18/h1-13,21H,14-15H2,(H,26,27)/t21-/m1/s1. The molecule has 0 radical (unpaired) electrons. The summed E-state index contributed by atoms with van der Waals surface area (Å²) in [5.41, 5.74) is 1.54. The van der Waals surface area contributed by atoms with E-state index in [1.54, 1.807) is 36.4 Å². The number of sulfonamides is 1. The molecular formula is C23H19NO5S2. The number of benzene rings is 3. The smallest absolute Gasteiger partial charge is 0.373 e. The number of carboxylic acids is 1. The number of carboxylic acid groups (broad SMARTS) is 1. The second-order valence-electron chi connectivity index (χ2n) is 7.09. The van der Waals surface area contributed by atoms with Crippen molar-refractivity contribution in [1.29, 1.82) is 0 Å². The molecule has 6 nitrogen and oxygen atoms in total. The maximum Gasteiger partial charge on any atom is 0.373 e. The van der Waals surface area contributed by atoms with Crippen molar-refractivity contribution in [2.24, 2.45) is 0 Å². The lowest BCUT2D eigenvalue weighted by Crippen LogP contribution is -2.50. The van der Waals surface area contributed by atoms with E-state index < -0.39 is 27.8 Å². The van der Waals surface area contributed by atoms with Crippen molar-refractivity contribution >= 4 is 33.5 Å². The number of rotatable bonds is 6. The largest absolute Gasteiger partial charge is 0.475 e. The molecule has 4 rings (SSSR count). The van der Waals surface area contributed by atoms with Gasteiger partial charge in [0.2, 0.25) is 10.0 Å². The van der Waals surface area contributed by atoms with Gasteiger partial charge in [-0.15, -0.1) is 0 Å². The summed E-state index contributed by atoms with van der Waals surface area (Å²) in [7, 11) is -4.08. The monoisotopic (exact) mass is 453 g/mol. The van der Waals surface area contributed by atoms with Gasteiger partial charge >= 0.3 is 5.97 Å². The normalized spacial score (nSPS) is 16.5. The second kappa shape index (κ2) is 8.66. The molecular weight excluding hydrogens is 434 g/mol. The van der Waals surface area contributed by atoms with Crippen LogP contribution in [0.2, 0.25) is 0 Å². The van der Waals surface area contributed by atoms with E-state index in [1.807, 2.05) is 30.3 Å². The predicted molar refractivity (Wildman–Crippen MR) is 116 cm³/mol. The molecule has 3 aromatic rings. The Morgan fingerprint density at radius 3 is 2.06 bits per heavy atom. The van der Waals surface area contributed by atoms with Crippen LogP contribution in [0.15, 0.2) is 93.5 Å². The maximum absolute atomic E-state index is 13.4. The number of hydrogen-bond acceptors (Lipinski definition) is 5. The molecule has 0 fully saturated rings. The van der Waals surface area contributed by atoms with Gasteiger partial charge in [0.15, 0.2) is 0 Å². The van der Waals surface area contributed by atoms with Crippen LogP contribution < -0.4 is 0 Å². The average molecular weight is 454 g/mol. The van der Waals surface area contributed by atoms with Gasteiger partial charge in [-0.1, -0.05) is 54.2 Å². The Morgan fingerprint density at radius 2 is 1.42 bits per heavy atom. The lowest BCUT2D eigenvalue weighted by Gasteiger charge is -2.34. The van der Waals surface area contributed by atoms with E-state index in [1.165, 1.54) is 23.9 Å². The lowest BCUT2D eigenvalue weighted by atomic mass is 9.94. The Morgan fingerprint density at radius 1 is 0.839 bits per heavy atom. The van der Waals surface area contributed by atoms with E-state index >= 15 is 0 Å². The van der Waals surface area contributed by atoms with Crippen molar-refractivity contribution < 1.29 is 23.1 Å². The molecule has 1 N–H and O–H groups in total. The minimum absolute atomic E-state index is 0.0208. The van der Waals surface area contributed by atoms with Crippen molar-refractivity contribution in [3.63, 3.8) is 0 Å². The lowest BCUT2D eigenvalue weighted by molar-refractivity contribution is -0.151. The van der Waals surface area contributed by atoms with Gasteiger partial charge in [-0.3, -0.25) is 4.79 Å². The molecule has 0 amide bonds. The van der Waals surface area contributed by atoms with Crippen LogP contribution in [0, 0.1) is 0 Å². The molecule has 3 aromatic carbocycles. The third-order valence-electron chi connectivity index (χ3n) is 5.13. The quantitative estimate of drug-likeness (QED) is 0.574. The van der Waals surface area contributed by atoms with Gasteiger partial charge in [0, 0.05) is 16.3 Å². The minimum atomic E-state index is -4.08. The van der Waals surface area contributed by atoms with E-state index in [0.29, 0.717) is 0 Å². The summed E-state index contributed by atoms with van der Waals surface area (Å²) in [6.45, 7) is -0.0529. The van der Waals surface area contributed by atoms with Crippen LogP contribution in [0.25, 0.3) is 0 Å². The van der Waals surface area contributed by atoms with Gasteiger partial charge in [-0.2, -0.15) is 4.31 Å². The van der Waals surface area contributed by atoms with Crippen LogP contribution in [0.3, 0.4) is 0 Å². The first-order valence-electron chi connectivity index (χ1n) is 9.55. The molecule has 0 unspecified atom stereocenters. The zero-order chi connectivity index (χ0) is 22.0. The molecule has 8 heteroatoms. The van der Waals surface area contributed by atoms with Gasteiger partial charge in [0.05, 0.1) is 10.9 Å². The highest BCUT2D eigenvalue weighted by atomic mass is 32.2. The Hall–Kier alpha value is -2.94. The van der Waals surface area contributed by atoms with Gasteiger partial charge in [0.1, 0.15) is 0 Å². The average Bonchev–Trinajstić information content (AvgIpc) is 2.78. The van der Waals surface area contributed by atoms with Crippen LogP contribution >= 0.6 is 11.8 Å². The molecule has 0 bridgehead atoms. The number of Topliss-reactive ketones (excluding diaryl/α,β-unsaturated/α-hetero) is 1. The van der Waals surface area contributed by atoms with Crippen LogP contribution in [-0.4, -0.2) is 35.6 Å². The van der Waals surface area contributed by atoms with E-state index in [4.69, 9.17) is 0 Å². The second-order valence-corrected chi connectivity index (χ2v) is 10.1. The number of carbonyl (C=O) groups excluding carboxylic acids is 1. The number of carbonyl (C=O) groups is 2. The first kappa shape index (κ1) is 21.3. The molecule has 1 aliphatic rings. The van der Waals surface area contributed by atoms with E-state index in [0.717, 1.165) is 25.2 Å². The molecule has 1 heterocycles. The van der Waals surface area contributed by atoms with Crippen molar-refractivity contribution in [1.82, 2.24) is 4.31 Å². The molecule has 0 saturated carbocycles. The van der Waals surface area contributed by atoms with Crippen LogP contribution in [0.5, 0.6) is 0 Å². The fraction of sp³-hybridized carbons (Fsp3) is 0.130. The highest BCUT2D eigenvalue weighted by Gasteiger charge is 2.41. The Bertz CT molecular complexity index is 1220. The van der Waals surface area contributed by atoms with Gasteiger partial charge in [-0.05, 0) is 53.9 Å². The summed E-state index contributed by atoms with van der Waals surface area (Å²) in [4.78, 5) is 25.6. The molecule has 31 heavy (non-hydrogen) atoms. The third-order valence-corrected chi connectivity index (χ3v) is 8.01. The summed E-state index contributed by atoms with van der Waals surface area (Å²) in [5.74, 6) is -2.77. The summed E-state index contributed by atoms with van der Waals surface area (Å²) in [6, 6.07) is 22.0. The van der Waals surface area contributed by atoms with Crippen molar-refractivity contribution in [3.8, 4) is 0 Å². The molecule has 0 aliphatic carbocycles. The molecule has 1 aliphatic heterocycles. The first-order chi connectivity index (χ1) is 14.9. The number of ketones is 1. The van der Waals surface area contributed by atoms with Crippen LogP contribution in [0.4, 0.5) is 0 Å². The number of nitrogens with zero attached hydrogens (tertiary/aromatic N) is 1. The summed E-state index contributed by atoms with van der Waals surface area (Å²) in [5, 5.41) is 9.24. The maximum atomic E-state index is 13.4. The number of fused-ring (bicyclic) bond motifs is 1. The van der Waals surface area contributed by atoms with Crippen molar-refractivity contribution in [2.45, 2.75) is 33.7 Å². The van der Waals surface area contributed by atoms with Crippen molar-refractivity contribution in [2.75, 3.05) is 0 Å². The fourth-order valence-corrected chi connectivity index (χ4v) is 5.96. The molecule has 1 atom stereocenters. The number of hydrogen-bond donors (Lipinski definition) is 1. The Labute approximate surface area is 184 Å². The highest BCUT2D eigenvalue weighted by Crippen LogP contribution is 2.32. The highest BCUT2D eigenvalue weighted by molar-refractivity contribution is 7.99. The van der Waals surface area contributed by atoms with Gasteiger partial charge < -0.3 is 5.11 Å². The van der Waals surface area contributed by atoms with Gasteiger partial charge in [-0.25, -0.2) is 13.2 Å². The fourth-order valence-electron chi connectivity index (χ4n) is 3.56. The first-order valence-corrected chi connectivity index (χ1v) is 11.8. The Balaban J connectivity index is 1.65. The molecule has 0 aromatic heterocycles. The summed E-state index contributed by atoms with van der Waals surface area (Å²) in [6.07, 6.45) is 0.0302. The zero-order valence-electron chi connectivity index (χ0n) is 16.3. The van der Waals surface area contributed by atoms with Crippen molar-refractivity contribution in [3.05, 3.63) is 90.0 Å². The minimum Gasteiger partial charge on any atom is -0.475 e. The van der Waals surface area contributed by atoms with Gasteiger partial charge in [0.25, 0.3) is 5.78 Å². The van der Waals surface area contributed by atoms with E-state index in [2.05, 4.69) is 0 Å². The Kier molecular flexibility index (Phi) is 5.95.